The van der Waals surface area contributed by atoms with Gasteiger partial charge in [-0.3, -0.25) is 4.79 Å². The van der Waals surface area contributed by atoms with E-state index in [0.717, 1.165) is 24.2 Å². The first-order chi connectivity index (χ1) is 17.4. The third-order valence-corrected chi connectivity index (χ3v) is 13.0. The van der Waals surface area contributed by atoms with Crippen molar-refractivity contribution in [3.05, 3.63) is 90.0 Å². The van der Waals surface area contributed by atoms with Crippen LogP contribution in [0, 0.1) is 0 Å². The Hall–Kier alpha value is -2.33. The lowest BCUT2D eigenvalue weighted by Crippen LogP contribution is -2.47. The van der Waals surface area contributed by atoms with Crippen LogP contribution in [0.3, 0.4) is 0 Å². The second-order valence-electron chi connectivity index (χ2n) is 9.72. The Balaban J connectivity index is 1.24. The lowest BCUT2D eigenvalue weighted by atomic mass is 9.98. The molecule has 0 saturated carbocycles. The average Bonchev–Trinajstić information content (AvgIpc) is 2.90. The second kappa shape index (κ2) is 12.3. The second-order valence-corrected chi connectivity index (χ2v) is 15.6. The highest BCUT2D eigenvalue weighted by molar-refractivity contribution is 8.58. The molecule has 4 rings (SSSR count). The number of rotatable bonds is 11. The number of carbonyl (C=O) groups excluding carboxylic acids is 1. The van der Waals surface area contributed by atoms with Crippen LogP contribution in [0.25, 0.3) is 11.1 Å². The molecule has 6 heteroatoms. The van der Waals surface area contributed by atoms with Gasteiger partial charge in [-0.2, -0.15) is 0 Å². The minimum Gasteiger partial charge on any atom is -0.381 e. The van der Waals surface area contributed by atoms with E-state index in [9.17, 15) is 9.36 Å². The van der Waals surface area contributed by atoms with Crippen LogP contribution in [-0.4, -0.2) is 30.9 Å². The smallest absolute Gasteiger partial charge is 0.232 e. The quantitative estimate of drug-likeness (QED) is 0.212. The molecule has 3 aromatic carbocycles. The lowest BCUT2D eigenvalue weighted by Gasteiger charge is -2.38. The Kier molecular flexibility index (Phi) is 9.11. The number of hydrogen-bond donors (Lipinski definition) is 1. The van der Waals surface area contributed by atoms with Crippen LogP contribution in [0.1, 0.15) is 43.2 Å². The van der Waals surface area contributed by atoms with Gasteiger partial charge < -0.3 is 15.0 Å². The summed E-state index contributed by atoms with van der Waals surface area (Å²) >= 11 is 1.32. The maximum Gasteiger partial charge on any atom is 0.232 e. The molecule has 1 saturated heterocycles. The summed E-state index contributed by atoms with van der Waals surface area (Å²) in [6.07, 6.45) is 3.56. The van der Waals surface area contributed by atoms with Crippen LogP contribution in [0.2, 0.25) is 0 Å². The predicted molar refractivity (Wildman–Crippen MR) is 151 cm³/mol. The summed E-state index contributed by atoms with van der Waals surface area (Å²) < 4.78 is 19.1. The van der Waals surface area contributed by atoms with Crippen molar-refractivity contribution in [3.8, 4) is 11.1 Å². The van der Waals surface area contributed by atoms with Gasteiger partial charge in [0.15, 0.2) is 6.34 Å². The lowest BCUT2D eigenvalue weighted by molar-refractivity contribution is -0.122. The zero-order chi connectivity index (χ0) is 25.4. The monoisotopic (exact) mass is 521 g/mol. The number of benzene rings is 3. The van der Waals surface area contributed by atoms with E-state index in [1.165, 1.54) is 46.5 Å². The van der Waals surface area contributed by atoms with E-state index in [-0.39, 0.29) is 0 Å². The van der Waals surface area contributed by atoms with Gasteiger partial charge in [0.2, 0.25) is 5.91 Å². The minimum atomic E-state index is -2.91. The van der Waals surface area contributed by atoms with Crippen molar-refractivity contribution in [2.24, 2.45) is 5.73 Å². The van der Waals surface area contributed by atoms with E-state index in [1.54, 1.807) is 6.66 Å². The van der Waals surface area contributed by atoms with Crippen molar-refractivity contribution in [1.82, 2.24) is 0 Å². The number of carbonyl (C=O) groups is 1. The zero-order valence-corrected chi connectivity index (χ0v) is 22.7. The van der Waals surface area contributed by atoms with Crippen LogP contribution in [-0.2, 0) is 26.9 Å². The van der Waals surface area contributed by atoms with Gasteiger partial charge in [0, 0.05) is 18.1 Å². The third kappa shape index (κ3) is 6.51. The van der Waals surface area contributed by atoms with Crippen LogP contribution in [0.5, 0.6) is 0 Å². The van der Waals surface area contributed by atoms with Crippen LogP contribution >= 0.6 is 17.7 Å². The highest BCUT2D eigenvalue weighted by Crippen LogP contribution is 2.70. The highest BCUT2D eigenvalue weighted by atomic mass is 32.7. The van der Waals surface area contributed by atoms with Gasteiger partial charge >= 0.3 is 0 Å². The standard InChI is InChI=1S/C30H36NO3PS/c1-35(33,30(29(31)32)19-21-34-22-20-30)36-28-17-15-24(16-18-28)9-4-2-5-10-25-11-8-14-27(23-25)26-12-6-3-7-13-26/h3,6-8,11-18,23H,2,4-5,9-10,19-22H2,1H3,(H2,31,32). The predicted octanol–water partition coefficient (Wildman–Crippen LogP) is 7.34. The van der Waals surface area contributed by atoms with Gasteiger partial charge in [0.05, 0.1) is 0 Å². The van der Waals surface area contributed by atoms with Gasteiger partial charge in [-0.15, -0.1) is 0 Å². The van der Waals surface area contributed by atoms with Crippen LogP contribution in [0.15, 0.2) is 83.8 Å². The molecule has 1 atom stereocenters. The topological polar surface area (TPSA) is 69.4 Å². The molecule has 3 aromatic rings. The molecule has 4 nitrogen and oxygen atoms in total. The van der Waals surface area contributed by atoms with E-state index in [2.05, 4.69) is 60.7 Å². The summed E-state index contributed by atoms with van der Waals surface area (Å²) in [5, 5.41) is -0.977. The SMILES string of the molecule is CP(=O)(Sc1ccc(CCCCCc2cccc(-c3ccccc3)c2)cc1)C1(C(N)=O)CCOCC1. The van der Waals surface area contributed by atoms with Crippen molar-refractivity contribution in [1.29, 1.82) is 0 Å². The fourth-order valence-electron chi connectivity index (χ4n) is 4.94. The molecule has 2 N–H and O–H groups in total. The third-order valence-electron chi connectivity index (χ3n) is 7.22. The summed E-state index contributed by atoms with van der Waals surface area (Å²) in [4.78, 5) is 13.2. The number of hydrogen-bond acceptors (Lipinski definition) is 4. The molecule has 0 spiro atoms. The Morgan fingerprint density at radius 1 is 0.861 bits per heavy atom. The molecule has 190 valence electrons. The van der Waals surface area contributed by atoms with Crippen molar-refractivity contribution >= 4 is 23.6 Å². The van der Waals surface area contributed by atoms with E-state index in [1.807, 2.05) is 18.2 Å². The maximum absolute atomic E-state index is 13.7. The van der Waals surface area contributed by atoms with Crippen molar-refractivity contribution in [3.63, 3.8) is 0 Å². The number of unbranched alkanes of at least 4 members (excludes halogenated alkanes) is 2. The maximum atomic E-state index is 13.7. The highest BCUT2D eigenvalue weighted by Gasteiger charge is 2.51. The van der Waals surface area contributed by atoms with Crippen LogP contribution in [0.4, 0.5) is 0 Å². The molecule has 0 aliphatic carbocycles. The Labute approximate surface area is 219 Å². The largest absolute Gasteiger partial charge is 0.381 e. The number of amides is 1. The molecule has 0 aromatic heterocycles. The normalized spacial score (nSPS) is 16.8. The summed E-state index contributed by atoms with van der Waals surface area (Å²) in [6, 6.07) is 27.7. The van der Waals surface area contributed by atoms with E-state index < -0.39 is 17.4 Å². The van der Waals surface area contributed by atoms with Crippen molar-refractivity contribution in [2.75, 3.05) is 19.9 Å². The molecule has 1 unspecified atom stereocenters. The Bertz CT molecular complexity index is 1190. The molecule has 0 bridgehead atoms. The first-order valence-electron chi connectivity index (χ1n) is 12.8. The average molecular weight is 522 g/mol. The minimum absolute atomic E-state index is 0.428. The number of nitrogens with two attached hydrogens (primary N) is 1. The summed E-state index contributed by atoms with van der Waals surface area (Å²) in [7, 11) is 0. The van der Waals surface area contributed by atoms with Gasteiger partial charge in [-0.05, 0) is 79.6 Å². The molecular weight excluding hydrogens is 485 g/mol. The molecule has 1 aliphatic heterocycles. The number of ether oxygens (including phenoxy) is 1. The number of primary amides is 1. The molecular formula is C30H36NO3PS. The van der Waals surface area contributed by atoms with Crippen molar-refractivity contribution in [2.45, 2.75) is 55.0 Å². The number of aryl methyl sites for hydroxylation is 2. The fraction of sp³-hybridized carbons (Fsp3) is 0.367. The molecule has 1 heterocycles. The summed E-state index contributed by atoms with van der Waals surface area (Å²) in [6.45, 7) is 2.56. The molecule has 1 aliphatic rings. The molecule has 36 heavy (non-hydrogen) atoms. The van der Waals surface area contributed by atoms with E-state index in [0.29, 0.717) is 26.1 Å². The zero-order valence-electron chi connectivity index (χ0n) is 21.0. The molecule has 1 fully saturated rings. The first-order valence-corrected chi connectivity index (χ1v) is 16.4. The molecule has 1 amide bonds. The summed E-state index contributed by atoms with van der Waals surface area (Å²) in [5.41, 5.74) is 11.0. The summed E-state index contributed by atoms with van der Waals surface area (Å²) in [5.74, 6) is -0.465. The van der Waals surface area contributed by atoms with Gasteiger partial charge in [-0.1, -0.05) is 84.5 Å². The molecule has 0 radical (unpaired) electrons. The Morgan fingerprint density at radius 3 is 2.17 bits per heavy atom. The van der Waals surface area contributed by atoms with Gasteiger partial charge in [0.1, 0.15) is 5.16 Å². The van der Waals surface area contributed by atoms with Gasteiger partial charge in [0.25, 0.3) is 0 Å². The fourth-order valence-corrected chi connectivity index (χ4v) is 10.1. The van der Waals surface area contributed by atoms with Crippen LogP contribution < -0.4 is 5.73 Å². The van der Waals surface area contributed by atoms with E-state index >= 15 is 0 Å². The van der Waals surface area contributed by atoms with Crippen molar-refractivity contribution < 1.29 is 14.1 Å². The first kappa shape index (κ1) is 26.7. The Morgan fingerprint density at radius 2 is 1.50 bits per heavy atom. The van der Waals surface area contributed by atoms with Gasteiger partial charge in [-0.25, -0.2) is 0 Å². The van der Waals surface area contributed by atoms with E-state index in [4.69, 9.17) is 10.5 Å².